The molecule has 1 fully saturated rings. The first-order chi connectivity index (χ1) is 12.8. The quantitative estimate of drug-likeness (QED) is 0.613. The van der Waals surface area contributed by atoms with E-state index in [0.29, 0.717) is 16.2 Å². The number of amides is 2. The van der Waals surface area contributed by atoms with E-state index < -0.39 is 23.7 Å². The third kappa shape index (κ3) is 4.40. The van der Waals surface area contributed by atoms with Crippen molar-refractivity contribution < 1.29 is 18.4 Å². The van der Waals surface area contributed by atoms with Crippen molar-refractivity contribution in [2.24, 2.45) is 0 Å². The predicted octanol–water partition coefficient (Wildman–Crippen LogP) is 4.19. The number of halogens is 2. The zero-order valence-corrected chi connectivity index (χ0v) is 15.7. The molecule has 1 saturated heterocycles. The van der Waals surface area contributed by atoms with Crippen molar-refractivity contribution in [1.82, 2.24) is 4.90 Å². The summed E-state index contributed by atoms with van der Waals surface area (Å²) in [6.07, 6.45) is 1.60. The molecule has 2 aromatic rings. The summed E-state index contributed by atoms with van der Waals surface area (Å²) >= 11 is 6.33. The zero-order valence-electron chi connectivity index (χ0n) is 14.1. The highest BCUT2D eigenvalue weighted by Crippen LogP contribution is 2.34. The molecule has 1 aliphatic rings. The molecule has 2 aromatic carbocycles. The van der Waals surface area contributed by atoms with E-state index in [1.165, 1.54) is 41.3 Å². The molecule has 0 spiro atoms. The molecule has 138 valence electrons. The van der Waals surface area contributed by atoms with E-state index in [4.69, 9.17) is 12.2 Å². The number of anilines is 1. The summed E-state index contributed by atoms with van der Waals surface area (Å²) in [5, 5.41) is 2.63. The lowest BCUT2D eigenvalue weighted by Gasteiger charge is -2.22. The second kappa shape index (κ2) is 7.98. The molecule has 2 amide bonds. The van der Waals surface area contributed by atoms with Gasteiger partial charge in [0.15, 0.2) is 0 Å². The lowest BCUT2D eigenvalue weighted by atomic mass is 10.2. The summed E-state index contributed by atoms with van der Waals surface area (Å²) in [4.78, 5) is 26.7. The molecule has 0 radical (unpaired) electrons. The minimum absolute atomic E-state index is 0.259. The molecule has 8 heteroatoms. The van der Waals surface area contributed by atoms with Crippen LogP contribution in [0.15, 0.2) is 53.4 Å². The van der Waals surface area contributed by atoms with Crippen LogP contribution >= 0.6 is 24.0 Å². The number of nitrogens with one attached hydrogen (secondary N) is 1. The van der Waals surface area contributed by atoms with Crippen LogP contribution in [0.1, 0.15) is 12.5 Å². The van der Waals surface area contributed by atoms with Gasteiger partial charge >= 0.3 is 0 Å². The highest BCUT2D eigenvalue weighted by Gasteiger charge is 2.38. The Morgan fingerprint density at radius 3 is 2.26 bits per heavy atom. The maximum absolute atomic E-state index is 13.0. The van der Waals surface area contributed by atoms with Crippen molar-refractivity contribution in [2.45, 2.75) is 13.0 Å². The molecule has 3 rings (SSSR count). The normalized spacial score (nSPS) is 16.7. The average molecular weight is 404 g/mol. The van der Waals surface area contributed by atoms with Crippen LogP contribution in [-0.4, -0.2) is 27.1 Å². The Labute approximate surface area is 164 Å². The van der Waals surface area contributed by atoms with Gasteiger partial charge in [-0.3, -0.25) is 14.5 Å². The lowest BCUT2D eigenvalue weighted by molar-refractivity contribution is -0.129. The molecule has 1 N–H and O–H groups in total. The first-order valence-electron chi connectivity index (χ1n) is 7.94. The van der Waals surface area contributed by atoms with Gasteiger partial charge in [0, 0.05) is 5.69 Å². The summed E-state index contributed by atoms with van der Waals surface area (Å²) in [6.45, 7) is 1.56. The van der Waals surface area contributed by atoms with Crippen molar-refractivity contribution in [3.63, 3.8) is 0 Å². The van der Waals surface area contributed by atoms with Crippen molar-refractivity contribution >= 4 is 51.9 Å². The largest absolute Gasteiger partial charge is 0.324 e. The topological polar surface area (TPSA) is 49.4 Å². The number of hydrogen-bond donors (Lipinski definition) is 1. The molecule has 0 saturated carbocycles. The van der Waals surface area contributed by atoms with Gasteiger partial charge in [-0.1, -0.05) is 36.1 Å². The van der Waals surface area contributed by atoms with Gasteiger partial charge in [-0.15, -0.1) is 0 Å². The highest BCUT2D eigenvalue weighted by molar-refractivity contribution is 8.26. The molecular formula is C19H14F2N2O2S2. The number of carbonyl (C=O) groups excluding carboxylic acids is 2. The number of thioether (sulfide) groups is 1. The molecule has 1 aliphatic heterocycles. The first kappa shape index (κ1) is 19.2. The standard InChI is InChI=1S/C19H14F2N2O2S2/c1-11(17(24)22-15-8-6-14(21)7-9-15)23-18(25)16(27-19(23)26)10-12-2-4-13(20)5-3-12/h2-11H,1H3,(H,22,24)/b16-10-. The lowest BCUT2D eigenvalue weighted by Crippen LogP contribution is -2.44. The second-order valence-corrected chi connectivity index (χ2v) is 7.45. The Morgan fingerprint density at radius 1 is 1.11 bits per heavy atom. The third-order valence-electron chi connectivity index (χ3n) is 3.87. The molecule has 1 atom stereocenters. The number of hydrogen-bond acceptors (Lipinski definition) is 4. The number of carbonyl (C=O) groups is 2. The van der Waals surface area contributed by atoms with Gasteiger partial charge in [-0.2, -0.15) is 0 Å². The fraction of sp³-hybridized carbons (Fsp3) is 0.105. The summed E-state index contributed by atoms with van der Waals surface area (Å²) in [6, 6.07) is 10.2. The molecular weight excluding hydrogens is 390 g/mol. The number of thiocarbonyl (C=S) groups is 1. The second-order valence-electron chi connectivity index (χ2n) is 5.78. The predicted molar refractivity (Wildman–Crippen MR) is 106 cm³/mol. The van der Waals surface area contributed by atoms with Crippen molar-refractivity contribution in [2.75, 3.05) is 5.32 Å². The Morgan fingerprint density at radius 2 is 1.67 bits per heavy atom. The van der Waals surface area contributed by atoms with Gasteiger partial charge in [0.1, 0.15) is 22.0 Å². The van der Waals surface area contributed by atoms with Gasteiger partial charge < -0.3 is 5.32 Å². The Balaban J connectivity index is 1.74. The minimum atomic E-state index is -0.846. The first-order valence-corrected chi connectivity index (χ1v) is 9.16. The van der Waals surface area contributed by atoms with Crippen molar-refractivity contribution in [3.05, 3.63) is 70.6 Å². The molecule has 1 heterocycles. The summed E-state index contributed by atoms with van der Waals surface area (Å²) in [7, 11) is 0. The monoisotopic (exact) mass is 404 g/mol. The van der Waals surface area contributed by atoms with Crippen LogP contribution in [0, 0.1) is 11.6 Å². The Kier molecular flexibility index (Phi) is 5.67. The molecule has 0 aromatic heterocycles. The molecule has 4 nitrogen and oxygen atoms in total. The van der Waals surface area contributed by atoms with Crippen LogP contribution in [0.5, 0.6) is 0 Å². The maximum atomic E-state index is 13.0. The molecule has 1 unspecified atom stereocenters. The minimum Gasteiger partial charge on any atom is -0.324 e. The SMILES string of the molecule is CC(C(=O)Nc1ccc(F)cc1)N1C(=O)/C(=C/c2ccc(F)cc2)SC1=S. The highest BCUT2D eigenvalue weighted by atomic mass is 32.2. The van der Waals surface area contributed by atoms with Gasteiger partial charge in [0.05, 0.1) is 4.91 Å². The van der Waals surface area contributed by atoms with E-state index in [0.717, 1.165) is 11.8 Å². The smallest absolute Gasteiger partial charge is 0.266 e. The third-order valence-corrected chi connectivity index (χ3v) is 5.20. The van der Waals surface area contributed by atoms with E-state index in [9.17, 15) is 18.4 Å². The van der Waals surface area contributed by atoms with E-state index >= 15 is 0 Å². The summed E-state index contributed by atoms with van der Waals surface area (Å²) in [5.41, 5.74) is 1.07. The van der Waals surface area contributed by atoms with E-state index in [2.05, 4.69) is 5.32 Å². The average Bonchev–Trinajstić information content (AvgIpc) is 2.91. The van der Waals surface area contributed by atoms with E-state index in [1.807, 2.05) is 0 Å². The van der Waals surface area contributed by atoms with Crippen LogP contribution in [0.2, 0.25) is 0 Å². The van der Waals surface area contributed by atoms with Crippen molar-refractivity contribution in [3.8, 4) is 0 Å². The molecule has 27 heavy (non-hydrogen) atoms. The number of nitrogens with zero attached hydrogens (tertiary/aromatic N) is 1. The van der Waals surface area contributed by atoms with Crippen LogP contribution in [0.25, 0.3) is 6.08 Å². The fourth-order valence-corrected chi connectivity index (χ4v) is 3.84. The van der Waals surface area contributed by atoms with Gasteiger partial charge in [-0.05, 0) is 55.0 Å². The zero-order chi connectivity index (χ0) is 19.6. The van der Waals surface area contributed by atoms with E-state index in [1.54, 1.807) is 25.1 Å². The Bertz CT molecular complexity index is 928. The maximum Gasteiger partial charge on any atom is 0.266 e. The number of rotatable bonds is 4. The van der Waals surface area contributed by atoms with Crippen LogP contribution in [-0.2, 0) is 9.59 Å². The van der Waals surface area contributed by atoms with Gasteiger partial charge in [0.2, 0.25) is 5.91 Å². The van der Waals surface area contributed by atoms with Crippen LogP contribution < -0.4 is 5.32 Å². The molecule has 0 bridgehead atoms. The summed E-state index contributed by atoms with van der Waals surface area (Å²) < 4.78 is 26.2. The van der Waals surface area contributed by atoms with Crippen molar-refractivity contribution in [1.29, 1.82) is 0 Å². The van der Waals surface area contributed by atoms with Gasteiger partial charge in [0.25, 0.3) is 5.91 Å². The van der Waals surface area contributed by atoms with Gasteiger partial charge in [-0.25, -0.2) is 8.78 Å². The van der Waals surface area contributed by atoms with Crippen LogP contribution in [0.4, 0.5) is 14.5 Å². The molecule has 0 aliphatic carbocycles. The Hall–Kier alpha value is -2.58. The summed E-state index contributed by atoms with van der Waals surface area (Å²) in [5.74, 6) is -1.62. The fourth-order valence-electron chi connectivity index (χ4n) is 2.42. The van der Waals surface area contributed by atoms with E-state index in [-0.39, 0.29) is 10.1 Å². The number of benzene rings is 2. The van der Waals surface area contributed by atoms with Crippen LogP contribution in [0.3, 0.4) is 0 Å².